The van der Waals surface area contributed by atoms with Crippen molar-refractivity contribution in [1.29, 1.82) is 0 Å². The van der Waals surface area contributed by atoms with Crippen molar-refractivity contribution < 1.29 is 9.47 Å². The van der Waals surface area contributed by atoms with Crippen LogP contribution in [0.3, 0.4) is 0 Å². The fourth-order valence-corrected chi connectivity index (χ4v) is 8.61. The van der Waals surface area contributed by atoms with Gasteiger partial charge in [0.05, 0.1) is 30.9 Å². The van der Waals surface area contributed by atoms with Gasteiger partial charge in [0.1, 0.15) is 11.5 Å². The zero-order valence-corrected chi connectivity index (χ0v) is 33.6. The van der Waals surface area contributed by atoms with Crippen LogP contribution in [-0.4, -0.2) is 18.8 Å². The van der Waals surface area contributed by atoms with E-state index in [2.05, 4.69) is 198 Å². The number of ether oxygens (including phenoxy) is 2. The van der Waals surface area contributed by atoms with Crippen LogP contribution in [0.25, 0.3) is 49.0 Å². The first-order valence-corrected chi connectivity index (χ1v) is 20.0. The third-order valence-electron chi connectivity index (χ3n) is 11.4. The van der Waals surface area contributed by atoms with Gasteiger partial charge in [0.15, 0.2) is 0 Å². The molecule has 0 unspecified atom stereocenters. The van der Waals surface area contributed by atoms with Gasteiger partial charge in [0.2, 0.25) is 0 Å². The van der Waals surface area contributed by atoms with Gasteiger partial charge in [-0.1, -0.05) is 84.9 Å². The summed E-state index contributed by atoms with van der Waals surface area (Å²) in [6.45, 7) is 4.28. The van der Waals surface area contributed by atoms with E-state index in [-0.39, 0.29) is 0 Å². The quantitative estimate of drug-likeness (QED) is 0.146. The Morgan fingerprint density at radius 1 is 0.356 bits per heavy atom. The van der Waals surface area contributed by atoms with Crippen LogP contribution in [0, 0.1) is 13.8 Å². The molecule has 0 N–H and O–H groups in total. The molecule has 0 radical (unpaired) electrons. The molecule has 0 aliphatic heterocycles. The van der Waals surface area contributed by atoms with E-state index in [1.807, 2.05) is 18.2 Å². The van der Waals surface area contributed by atoms with Crippen molar-refractivity contribution in [2.24, 2.45) is 0 Å². The van der Waals surface area contributed by atoms with Gasteiger partial charge < -0.3 is 23.8 Å². The van der Waals surface area contributed by atoms with E-state index in [9.17, 15) is 0 Å². The summed E-state index contributed by atoms with van der Waals surface area (Å²) in [5, 5.41) is 7.11. The lowest BCUT2D eigenvalue weighted by atomic mass is 10.0. The highest BCUT2D eigenvalue weighted by Gasteiger charge is 2.21. The van der Waals surface area contributed by atoms with Crippen LogP contribution in [0.1, 0.15) is 11.1 Å². The van der Waals surface area contributed by atoms with E-state index in [1.165, 1.54) is 38.1 Å². The predicted octanol–water partition coefficient (Wildman–Crippen LogP) is 14.7. The number of aryl methyl sites for hydroxylation is 2. The first-order valence-electron chi connectivity index (χ1n) is 20.0. The number of fused-ring (bicyclic) bond motifs is 5. The van der Waals surface area contributed by atoms with E-state index >= 15 is 0 Å². The maximum atomic E-state index is 5.72. The highest BCUT2D eigenvalue weighted by Crippen LogP contribution is 2.44. The molecule has 0 saturated heterocycles. The van der Waals surface area contributed by atoms with Crippen LogP contribution < -0.4 is 19.3 Å². The van der Waals surface area contributed by atoms with Gasteiger partial charge in [-0.15, -0.1) is 0 Å². The molecule has 1 aromatic heterocycles. The Morgan fingerprint density at radius 2 is 0.881 bits per heavy atom. The SMILES string of the molecule is COc1cccc(N(c2cccc(C)c2)c2ccc3cc4c5ccc(N(c6cccc(C)c6)c6cccc(OC)c6)cc5n(-c5cccc6ccccc56)c4cc3c2)c1. The Bertz CT molecular complexity index is 3190. The first-order chi connectivity index (χ1) is 28.9. The molecule has 0 aliphatic rings. The van der Waals surface area contributed by atoms with Crippen LogP contribution in [0.15, 0.2) is 188 Å². The highest BCUT2D eigenvalue weighted by molar-refractivity contribution is 6.15. The van der Waals surface area contributed by atoms with Crippen molar-refractivity contribution >= 4 is 77.5 Å². The first kappa shape index (κ1) is 35.9. The molecule has 286 valence electrons. The van der Waals surface area contributed by atoms with Crippen molar-refractivity contribution in [2.75, 3.05) is 24.0 Å². The molecule has 10 rings (SSSR count). The maximum Gasteiger partial charge on any atom is 0.120 e. The lowest BCUT2D eigenvalue weighted by Gasteiger charge is -2.26. The molecule has 9 aromatic carbocycles. The minimum absolute atomic E-state index is 0.810. The summed E-state index contributed by atoms with van der Waals surface area (Å²) < 4.78 is 13.9. The van der Waals surface area contributed by atoms with Gasteiger partial charge >= 0.3 is 0 Å². The Kier molecular flexibility index (Phi) is 8.99. The molecular weight excluding hydrogens is 723 g/mol. The fraction of sp³-hybridized carbons (Fsp3) is 0.0741. The number of rotatable bonds is 9. The second-order valence-corrected chi connectivity index (χ2v) is 15.2. The predicted molar refractivity (Wildman–Crippen MR) is 248 cm³/mol. The van der Waals surface area contributed by atoms with E-state index in [1.54, 1.807) is 14.2 Å². The molecule has 0 atom stereocenters. The average molecular weight is 766 g/mol. The molecule has 0 spiro atoms. The van der Waals surface area contributed by atoms with Gasteiger partial charge in [-0.25, -0.2) is 0 Å². The Balaban J connectivity index is 1.24. The lowest BCUT2D eigenvalue weighted by Crippen LogP contribution is -2.10. The van der Waals surface area contributed by atoms with Crippen molar-refractivity contribution in [1.82, 2.24) is 4.57 Å². The Labute approximate surface area is 344 Å². The number of methoxy groups -OCH3 is 2. The second-order valence-electron chi connectivity index (χ2n) is 15.2. The zero-order chi connectivity index (χ0) is 40.0. The molecule has 5 heteroatoms. The molecule has 0 saturated carbocycles. The van der Waals surface area contributed by atoms with E-state index in [0.717, 1.165) is 67.7 Å². The minimum atomic E-state index is 0.810. The number of anilines is 6. The smallest absolute Gasteiger partial charge is 0.120 e. The van der Waals surface area contributed by atoms with Crippen molar-refractivity contribution in [3.63, 3.8) is 0 Å². The maximum absolute atomic E-state index is 5.72. The third kappa shape index (κ3) is 6.47. The van der Waals surface area contributed by atoms with Crippen molar-refractivity contribution in [3.05, 3.63) is 199 Å². The van der Waals surface area contributed by atoms with Crippen LogP contribution >= 0.6 is 0 Å². The minimum Gasteiger partial charge on any atom is -0.497 e. The third-order valence-corrected chi connectivity index (χ3v) is 11.4. The molecule has 1 heterocycles. The van der Waals surface area contributed by atoms with Crippen LogP contribution in [-0.2, 0) is 0 Å². The van der Waals surface area contributed by atoms with E-state index in [0.29, 0.717) is 0 Å². The topological polar surface area (TPSA) is 29.9 Å². The largest absolute Gasteiger partial charge is 0.497 e. The number of aromatic nitrogens is 1. The zero-order valence-electron chi connectivity index (χ0n) is 33.6. The molecular formula is C54H43N3O2. The molecule has 5 nitrogen and oxygen atoms in total. The Morgan fingerprint density at radius 3 is 1.53 bits per heavy atom. The summed E-state index contributed by atoms with van der Waals surface area (Å²) in [5.74, 6) is 1.62. The molecule has 59 heavy (non-hydrogen) atoms. The summed E-state index contributed by atoms with van der Waals surface area (Å²) in [6.07, 6.45) is 0. The standard InChI is InChI=1S/C54H43N3O2/c1-36-12-7-16-41(28-36)55(43-18-10-20-47(33-43)58-3)45-25-24-39-31-51-50-27-26-46(56(42-17-8-13-37(2)29-42)44-19-11-21-48(34-44)59-4)35-54(50)57(53(51)32-40(39)30-45)52-23-9-15-38-14-5-6-22-49(38)52/h5-35H,1-4H3. The van der Waals surface area contributed by atoms with Crippen LogP contribution in [0.4, 0.5) is 34.1 Å². The average Bonchev–Trinajstić information content (AvgIpc) is 3.57. The van der Waals surface area contributed by atoms with Gasteiger partial charge in [0.25, 0.3) is 0 Å². The normalized spacial score (nSPS) is 11.4. The van der Waals surface area contributed by atoms with Gasteiger partial charge in [-0.05, 0) is 132 Å². The molecule has 0 aliphatic carbocycles. The lowest BCUT2D eigenvalue weighted by molar-refractivity contribution is 0.415. The molecule has 0 fully saturated rings. The van der Waals surface area contributed by atoms with Gasteiger partial charge in [0, 0.05) is 62.4 Å². The summed E-state index contributed by atoms with van der Waals surface area (Å²) in [6, 6.07) is 67.6. The Hall–Kier alpha value is -7.50. The molecule has 0 amide bonds. The fourth-order valence-electron chi connectivity index (χ4n) is 8.61. The summed E-state index contributed by atoms with van der Waals surface area (Å²) >= 11 is 0. The van der Waals surface area contributed by atoms with Crippen molar-refractivity contribution in [3.8, 4) is 17.2 Å². The van der Waals surface area contributed by atoms with E-state index in [4.69, 9.17) is 9.47 Å². The monoisotopic (exact) mass is 765 g/mol. The number of nitrogens with zero attached hydrogens (tertiary/aromatic N) is 3. The summed E-state index contributed by atoms with van der Waals surface area (Å²) in [7, 11) is 3.44. The summed E-state index contributed by atoms with van der Waals surface area (Å²) in [5.41, 5.74) is 12.1. The second kappa shape index (κ2) is 14.8. The molecule has 10 aromatic rings. The molecule has 0 bridgehead atoms. The summed E-state index contributed by atoms with van der Waals surface area (Å²) in [4.78, 5) is 4.63. The van der Waals surface area contributed by atoms with E-state index < -0.39 is 0 Å². The van der Waals surface area contributed by atoms with Crippen LogP contribution in [0.5, 0.6) is 11.5 Å². The number of hydrogen-bond acceptors (Lipinski definition) is 4. The van der Waals surface area contributed by atoms with Crippen molar-refractivity contribution in [2.45, 2.75) is 13.8 Å². The van der Waals surface area contributed by atoms with Gasteiger partial charge in [-0.2, -0.15) is 0 Å². The van der Waals surface area contributed by atoms with Gasteiger partial charge in [-0.3, -0.25) is 0 Å². The van der Waals surface area contributed by atoms with Crippen LogP contribution in [0.2, 0.25) is 0 Å². The number of hydrogen-bond donors (Lipinski definition) is 0. The highest BCUT2D eigenvalue weighted by atomic mass is 16.5. The number of benzene rings is 9.